The molecule has 0 aromatic heterocycles. The maximum absolute atomic E-state index is 12.2. The molecule has 1 aliphatic rings. The highest BCUT2D eigenvalue weighted by Crippen LogP contribution is 2.13. The summed E-state index contributed by atoms with van der Waals surface area (Å²) in [6.45, 7) is 7.21. The molecule has 1 aromatic rings. The van der Waals surface area contributed by atoms with Gasteiger partial charge >= 0.3 is 0 Å². The molecule has 0 spiro atoms. The molecule has 0 bridgehead atoms. The second kappa shape index (κ2) is 6.06. The van der Waals surface area contributed by atoms with Crippen molar-refractivity contribution in [3.8, 4) is 0 Å². The van der Waals surface area contributed by atoms with Gasteiger partial charge in [0.2, 0.25) is 0 Å². The number of likely N-dealkylation sites (tertiary alicyclic amines) is 1. The van der Waals surface area contributed by atoms with Crippen LogP contribution in [0.4, 0.5) is 5.69 Å². The summed E-state index contributed by atoms with van der Waals surface area (Å²) < 4.78 is 0. The summed E-state index contributed by atoms with van der Waals surface area (Å²) >= 11 is 0. The average Bonchev–Trinajstić information content (AvgIpc) is 2.81. The second-order valence-corrected chi connectivity index (χ2v) is 5.46. The summed E-state index contributed by atoms with van der Waals surface area (Å²) in [5.41, 5.74) is 8.03. The second-order valence-electron chi connectivity index (χ2n) is 5.46. The Morgan fingerprint density at radius 1 is 1.42 bits per heavy atom. The third-order valence-corrected chi connectivity index (χ3v) is 3.60. The lowest BCUT2D eigenvalue weighted by Crippen LogP contribution is -2.41. The Hall–Kier alpha value is -1.55. The normalized spacial score (nSPS) is 17.4. The average molecular weight is 261 g/mol. The van der Waals surface area contributed by atoms with E-state index in [9.17, 15) is 4.79 Å². The van der Waals surface area contributed by atoms with Crippen molar-refractivity contribution in [1.29, 1.82) is 0 Å². The standard InChI is InChI=1S/C15H23N3O/c1-11-9-13(16)5-6-14(11)15(19)17-12(2)10-18-7-3-4-8-18/h5-6,9,12H,3-4,7-8,10,16H2,1-2H3,(H,17,19). The van der Waals surface area contributed by atoms with E-state index in [4.69, 9.17) is 5.73 Å². The number of carbonyl (C=O) groups excluding carboxylic acids is 1. The third-order valence-electron chi connectivity index (χ3n) is 3.60. The van der Waals surface area contributed by atoms with E-state index in [-0.39, 0.29) is 11.9 Å². The molecule has 0 saturated carbocycles. The van der Waals surface area contributed by atoms with E-state index in [1.54, 1.807) is 12.1 Å². The molecule has 1 unspecified atom stereocenters. The van der Waals surface area contributed by atoms with Crippen molar-refractivity contribution in [3.63, 3.8) is 0 Å². The molecule has 104 valence electrons. The van der Waals surface area contributed by atoms with E-state index in [0.717, 1.165) is 25.2 Å². The van der Waals surface area contributed by atoms with E-state index >= 15 is 0 Å². The topological polar surface area (TPSA) is 58.4 Å². The Morgan fingerprint density at radius 3 is 2.74 bits per heavy atom. The van der Waals surface area contributed by atoms with Crippen molar-refractivity contribution in [3.05, 3.63) is 29.3 Å². The molecule has 1 heterocycles. The Bertz CT molecular complexity index is 453. The van der Waals surface area contributed by atoms with Crippen molar-refractivity contribution in [1.82, 2.24) is 10.2 Å². The fourth-order valence-electron chi connectivity index (χ4n) is 2.64. The van der Waals surface area contributed by atoms with Gasteiger partial charge in [-0.25, -0.2) is 0 Å². The molecular weight excluding hydrogens is 238 g/mol. The van der Waals surface area contributed by atoms with Gasteiger partial charge in [-0.15, -0.1) is 0 Å². The maximum Gasteiger partial charge on any atom is 0.251 e. The van der Waals surface area contributed by atoms with Gasteiger partial charge in [0.1, 0.15) is 0 Å². The first-order valence-electron chi connectivity index (χ1n) is 6.95. The monoisotopic (exact) mass is 261 g/mol. The van der Waals surface area contributed by atoms with Crippen LogP contribution in [0.3, 0.4) is 0 Å². The summed E-state index contributed by atoms with van der Waals surface area (Å²) in [5.74, 6) is -0.0100. The van der Waals surface area contributed by atoms with Gasteiger partial charge in [-0.1, -0.05) is 0 Å². The summed E-state index contributed by atoms with van der Waals surface area (Å²) in [6.07, 6.45) is 2.55. The van der Waals surface area contributed by atoms with Crippen LogP contribution in [-0.4, -0.2) is 36.5 Å². The SMILES string of the molecule is Cc1cc(N)ccc1C(=O)NC(C)CN1CCCC1. The molecular formula is C15H23N3O. The Balaban J connectivity index is 1.92. The minimum absolute atomic E-state index is 0.0100. The van der Waals surface area contributed by atoms with Crippen molar-refractivity contribution in [2.75, 3.05) is 25.4 Å². The molecule has 19 heavy (non-hydrogen) atoms. The van der Waals surface area contributed by atoms with Gasteiger partial charge < -0.3 is 16.0 Å². The summed E-state index contributed by atoms with van der Waals surface area (Å²) in [4.78, 5) is 14.6. The van der Waals surface area contributed by atoms with Gasteiger partial charge in [0, 0.05) is 23.8 Å². The lowest BCUT2D eigenvalue weighted by molar-refractivity contribution is 0.0931. The Morgan fingerprint density at radius 2 is 2.11 bits per heavy atom. The number of benzene rings is 1. The lowest BCUT2D eigenvalue weighted by Gasteiger charge is -2.21. The third kappa shape index (κ3) is 3.70. The van der Waals surface area contributed by atoms with Crippen molar-refractivity contribution in [2.45, 2.75) is 32.7 Å². The first-order valence-corrected chi connectivity index (χ1v) is 6.95. The highest BCUT2D eigenvalue weighted by atomic mass is 16.1. The van der Waals surface area contributed by atoms with E-state index in [0.29, 0.717) is 11.3 Å². The maximum atomic E-state index is 12.2. The smallest absolute Gasteiger partial charge is 0.251 e. The van der Waals surface area contributed by atoms with Crippen LogP contribution in [0, 0.1) is 6.92 Å². The Labute approximate surface area is 115 Å². The van der Waals surface area contributed by atoms with Crippen LogP contribution >= 0.6 is 0 Å². The van der Waals surface area contributed by atoms with Gasteiger partial charge in [-0.05, 0) is 63.5 Å². The molecule has 0 radical (unpaired) electrons. The van der Waals surface area contributed by atoms with Crippen molar-refractivity contribution < 1.29 is 4.79 Å². The number of hydrogen-bond donors (Lipinski definition) is 2. The zero-order chi connectivity index (χ0) is 13.8. The van der Waals surface area contributed by atoms with Crippen molar-refractivity contribution >= 4 is 11.6 Å². The van der Waals surface area contributed by atoms with Crippen molar-refractivity contribution in [2.24, 2.45) is 0 Å². The lowest BCUT2D eigenvalue weighted by atomic mass is 10.1. The number of rotatable bonds is 4. The number of hydrogen-bond acceptors (Lipinski definition) is 3. The highest BCUT2D eigenvalue weighted by molar-refractivity contribution is 5.96. The molecule has 1 saturated heterocycles. The Kier molecular flexibility index (Phi) is 4.43. The van der Waals surface area contributed by atoms with E-state index in [1.807, 2.05) is 13.0 Å². The summed E-state index contributed by atoms with van der Waals surface area (Å²) in [7, 11) is 0. The first-order chi connectivity index (χ1) is 9.06. The molecule has 0 aliphatic carbocycles. The predicted molar refractivity (Wildman–Crippen MR) is 78.2 cm³/mol. The fourth-order valence-corrected chi connectivity index (χ4v) is 2.64. The number of aryl methyl sites for hydroxylation is 1. The minimum Gasteiger partial charge on any atom is -0.399 e. The number of nitrogens with zero attached hydrogens (tertiary/aromatic N) is 1. The molecule has 4 nitrogen and oxygen atoms in total. The van der Waals surface area contributed by atoms with Crippen LogP contribution in [0.1, 0.15) is 35.7 Å². The van der Waals surface area contributed by atoms with Gasteiger partial charge in [-0.2, -0.15) is 0 Å². The first kappa shape index (κ1) is 13.9. The molecule has 1 atom stereocenters. The quantitative estimate of drug-likeness (QED) is 0.812. The van der Waals surface area contributed by atoms with Crippen LogP contribution in [0.5, 0.6) is 0 Å². The molecule has 2 rings (SSSR count). The number of anilines is 1. The van der Waals surface area contributed by atoms with Gasteiger partial charge in [-0.3, -0.25) is 4.79 Å². The largest absolute Gasteiger partial charge is 0.399 e. The van der Waals surface area contributed by atoms with Gasteiger partial charge in [0.25, 0.3) is 5.91 Å². The number of nitrogens with one attached hydrogen (secondary N) is 1. The van der Waals surface area contributed by atoms with Crippen LogP contribution in [0.25, 0.3) is 0 Å². The zero-order valence-electron chi connectivity index (χ0n) is 11.8. The summed E-state index contributed by atoms with van der Waals surface area (Å²) in [5, 5.41) is 3.06. The molecule has 1 amide bonds. The van der Waals surface area contributed by atoms with E-state index < -0.39 is 0 Å². The van der Waals surface area contributed by atoms with Crippen LogP contribution in [0.15, 0.2) is 18.2 Å². The van der Waals surface area contributed by atoms with Crippen LogP contribution < -0.4 is 11.1 Å². The summed E-state index contributed by atoms with van der Waals surface area (Å²) in [6, 6.07) is 5.57. The van der Waals surface area contributed by atoms with Crippen LogP contribution in [-0.2, 0) is 0 Å². The van der Waals surface area contributed by atoms with E-state index in [2.05, 4.69) is 17.1 Å². The number of nitrogens with two attached hydrogens (primary N) is 1. The zero-order valence-corrected chi connectivity index (χ0v) is 11.8. The van der Waals surface area contributed by atoms with E-state index in [1.165, 1.54) is 12.8 Å². The molecule has 4 heteroatoms. The van der Waals surface area contributed by atoms with Gasteiger partial charge in [0.15, 0.2) is 0 Å². The molecule has 3 N–H and O–H groups in total. The molecule has 1 aromatic carbocycles. The predicted octanol–water partition coefficient (Wildman–Crippen LogP) is 1.79. The number of carbonyl (C=O) groups is 1. The van der Waals surface area contributed by atoms with Gasteiger partial charge in [0.05, 0.1) is 0 Å². The molecule has 1 aliphatic heterocycles. The highest BCUT2D eigenvalue weighted by Gasteiger charge is 2.17. The number of nitrogen functional groups attached to an aromatic ring is 1. The van der Waals surface area contributed by atoms with Crippen LogP contribution in [0.2, 0.25) is 0 Å². The molecule has 1 fully saturated rings. The number of amides is 1. The minimum atomic E-state index is -0.0100. The fraction of sp³-hybridized carbons (Fsp3) is 0.533.